The molecule has 0 aliphatic heterocycles. The van der Waals surface area contributed by atoms with Crippen molar-refractivity contribution in [2.45, 2.75) is 19.0 Å². The van der Waals surface area contributed by atoms with Crippen LogP contribution in [0.15, 0.2) is 29.4 Å². The zero-order valence-electron chi connectivity index (χ0n) is 15.3. The van der Waals surface area contributed by atoms with Crippen LogP contribution in [0.4, 0.5) is 0 Å². The van der Waals surface area contributed by atoms with Gasteiger partial charge in [0, 0.05) is 16.4 Å². The molecule has 0 aliphatic carbocycles. The van der Waals surface area contributed by atoms with E-state index in [1.165, 1.54) is 13.2 Å². The smallest absolute Gasteiger partial charge is 0.273 e. The van der Waals surface area contributed by atoms with E-state index in [1.54, 1.807) is 16.6 Å². The van der Waals surface area contributed by atoms with Gasteiger partial charge in [0.15, 0.2) is 0 Å². The van der Waals surface area contributed by atoms with Gasteiger partial charge in [0.1, 0.15) is 5.75 Å². The fourth-order valence-electron chi connectivity index (χ4n) is 2.43. The molecule has 0 saturated carbocycles. The number of carbonyl (C=O) groups excluding carboxylic acids is 2. The van der Waals surface area contributed by atoms with Crippen LogP contribution in [0, 0.1) is 13.8 Å². The van der Waals surface area contributed by atoms with Crippen molar-refractivity contribution in [2.75, 3.05) is 12.9 Å². The number of aromatic nitrogens is 4. The molecule has 9 nitrogen and oxygen atoms in total. The molecule has 0 spiro atoms. The number of ether oxygens (including phenoxy) is 1. The van der Waals surface area contributed by atoms with Gasteiger partial charge < -0.3 is 4.74 Å². The summed E-state index contributed by atoms with van der Waals surface area (Å²) in [4.78, 5) is 32.8. The Morgan fingerprint density at radius 2 is 2.00 bits per heavy atom. The summed E-state index contributed by atoms with van der Waals surface area (Å²) in [6.07, 6.45) is 0. The highest BCUT2D eigenvalue weighted by Crippen LogP contribution is 2.22. The largest absolute Gasteiger partial charge is 0.496 e. The molecule has 3 aromatic rings. The molecule has 0 atom stereocenters. The van der Waals surface area contributed by atoms with E-state index in [2.05, 4.69) is 25.9 Å². The number of thioether (sulfide) groups is 1. The van der Waals surface area contributed by atoms with Gasteiger partial charge in [0.05, 0.1) is 18.4 Å². The third kappa shape index (κ3) is 4.52. The molecule has 2 amide bonds. The Balaban J connectivity index is 1.57. The molecule has 0 fully saturated rings. The molecule has 0 bridgehead atoms. The fourth-order valence-corrected chi connectivity index (χ4v) is 3.22. The first-order valence-corrected chi connectivity index (χ1v) is 9.50. The predicted molar refractivity (Wildman–Crippen MR) is 105 cm³/mol. The van der Waals surface area contributed by atoms with Crippen LogP contribution in [0.3, 0.4) is 0 Å². The van der Waals surface area contributed by atoms with E-state index in [9.17, 15) is 9.59 Å². The predicted octanol–water partition coefficient (Wildman–Crippen LogP) is 1.96. The summed E-state index contributed by atoms with van der Waals surface area (Å²) >= 11 is 7.04. The first-order chi connectivity index (χ1) is 13.4. The van der Waals surface area contributed by atoms with Crippen LogP contribution in [-0.4, -0.2) is 44.3 Å². The summed E-state index contributed by atoms with van der Waals surface area (Å²) in [5.41, 5.74) is 6.62. The van der Waals surface area contributed by atoms with E-state index in [-0.39, 0.29) is 11.3 Å². The zero-order valence-corrected chi connectivity index (χ0v) is 16.9. The van der Waals surface area contributed by atoms with Crippen molar-refractivity contribution in [3.8, 4) is 5.75 Å². The number of amides is 2. The lowest BCUT2D eigenvalue weighted by Crippen LogP contribution is -2.42. The number of halogens is 1. The van der Waals surface area contributed by atoms with Gasteiger partial charge in [-0.25, -0.2) is 9.50 Å². The molecular formula is C17H17ClN6O3S. The van der Waals surface area contributed by atoms with Crippen molar-refractivity contribution in [1.82, 2.24) is 30.4 Å². The standard InChI is InChI=1S/C17H17ClN6O3S/c1-9-6-10(2)24-16(19-9)20-17(23-24)28-8-14(25)21-22-15(26)12-7-11(18)4-5-13(12)27-3/h4-7H,8H2,1-3H3,(H,21,25)(H,22,26). The van der Waals surface area contributed by atoms with E-state index in [0.29, 0.717) is 21.7 Å². The van der Waals surface area contributed by atoms with Crippen LogP contribution in [0.1, 0.15) is 21.7 Å². The van der Waals surface area contributed by atoms with Gasteiger partial charge in [0.25, 0.3) is 11.7 Å². The maximum Gasteiger partial charge on any atom is 0.273 e. The molecule has 0 saturated heterocycles. The quantitative estimate of drug-likeness (QED) is 0.479. The van der Waals surface area contributed by atoms with Crippen molar-refractivity contribution in [3.05, 3.63) is 46.2 Å². The molecule has 0 unspecified atom stereocenters. The number of hydrazine groups is 1. The SMILES string of the molecule is COc1ccc(Cl)cc1C(=O)NNC(=O)CSc1nc2nc(C)cc(C)n2n1. The van der Waals surface area contributed by atoms with Crippen molar-refractivity contribution in [1.29, 1.82) is 0 Å². The molecule has 28 heavy (non-hydrogen) atoms. The van der Waals surface area contributed by atoms with Crippen LogP contribution >= 0.6 is 23.4 Å². The third-order valence-electron chi connectivity index (χ3n) is 3.65. The Bertz CT molecular complexity index is 1050. The molecule has 0 radical (unpaired) electrons. The van der Waals surface area contributed by atoms with Crippen LogP contribution in [0.5, 0.6) is 5.75 Å². The van der Waals surface area contributed by atoms with Gasteiger partial charge >= 0.3 is 0 Å². The Morgan fingerprint density at radius 1 is 1.21 bits per heavy atom. The number of fused-ring (bicyclic) bond motifs is 1. The second-order valence-corrected chi connectivity index (χ2v) is 7.16. The normalized spacial score (nSPS) is 10.7. The van der Waals surface area contributed by atoms with E-state index in [0.717, 1.165) is 23.1 Å². The van der Waals surface area contributed by atoms with Crippen molar-refractivity contribution in [3.63, 3.8) is 0 Å². The number of rotatable bonds is 5. The van der Waals surface area contributed by atoms with Gasteiger partial charge in [-0.05, 0) is 38.1 Å². The number of methoxy groups -OCH3 is 1. The van der Waals surface area contributed by atoms with Crippen molar-refractivity contribution in [2.24, 2.45) is 0 Å². The second-order valence-electron chi connectivity index (χ2n) is 5.78. The first-order valence-electron chi connectivity index (χ1n) is 8.14. The summed E-state index contributed by atoms with van der Waals surface area (Å²) in [5.74, 6) is -0.126. The Morgan fingerprint density at radius 3 is 2.75 bits per heavy atom. The summed E-state index contributed by atoms with van der Waals surface area (Å²) < 4.78 is 6.73. The molecular weight excluding hydrogens is 404 g/mol. The number of hydrogen-bond acceptors (Lipinski definition) is 7. The molecule has 146 valence electrons. The third-order valence-corrected chi connectivity index (χ3v) is 4.73. The lowest BCUT2D eigenvalue weighted by molar-refractivity contribution is -0.119. The lowest BCUT2D eigenvalue weighted by atomic mass is 10.2. The topological polar surface area (TPSA) is 111 Å². The molecule has 2 aromatic heterocycles. The van der Waals surface area contributed by atoms with Crippen molar-refractivity contribution >= 4 is 41.0 Å². The molecule has 2 heterocycles. The minimum absolute atomic E-state index is 0.0157. The molecule has 0 aliphatic rings. The van der Waals surface area contributed by atoms with Crippen LogP contribution in [0.2, 0.25) is 5.02 Å². The Labute approximate surface area is 169 Å². The highest BCUT2D eigenvalue weighted by atomic mass is 35.5. The van der Waals surface area contributed by atoms with Crippen LogP contribution < -0.4 is 15.6 Å². The van der Waals surface area contributed by atoms with Crippen LogP contribution in [-0.2, 0) is 4.79 Å². The van der Waals surface area contributed by atoms with Gasteiger partial charge in [-0.15, -0.1) is 5.10 Å². The Hall–Kier alpha value is -2.85. The summed E-state index contributed by atoms with van der Waals surface area (Å²) in [6.45, 7) is 3.77. The highest BCUT2D eigenvalue weighted by molar-refractivity contribution is 7.99. The lowest BCUT2D eigenvalue weighted by Gasteiger charge is -2.10. The maximum absolute atomic E-state index is 12.2. The number of nitrogens with one attached hydrogen (secondary N) is 2. The minimum Gasteiger partial charge on any atom is -0.496 e. The highest BCUT2D eigenvalue weighted by Gasteiger charge is 2.15. The first kappa shape index (κ1) is 19.9. The van der Waals surface area contributed by atoms with Gasteiger partial charge in [0.2, 0.25) is 11.1 Å². The number of hydrogen-bond donors (Lipinski definition) is 2. The fraction of sp³-hybridized carbons (Fsp3) is 0.235. The Kier molecular flexibility index (Phi) is 6.00. The summed E-state index contributed by atoms with van der Waals surface area (Å²) in [7, 11) is 1.44. The zero-order chi connectivity index (χ0) is 20.3. The number of benzene rings is 1. The van der Waals surface area contributed by atoms with Gasteiger partial charge in [-0.2, -0.15) is 4.98 Å². The monoisotopic (exact) mass is 420 g/mol. The summed E-state index contributed by atoms with van der Waals surface area (Å²) in [5, 5.41) is 5.10. The summed E-state index contributed by atoms with van der Waals surface area (Å²) in [6, 6.07) is 6.52. The average Bonchev–Trinajstić information content (AvgIpc) is 3.07. The van der Waals surface area contributed by atoms with E-state index in [4.69, 9.17) is 16.3 Å². The number of carbonyl (C=O) groups is 2. The number of nitrogens with zero attached hydrogens (tertiary/aromatic N) is 4. The molecule has 2 N–H and O–H groups in total. The molecule has 11 heteroatoms. The number of aryl methyl sites for hydroxylation is 2. The second kappa shape index (κ2) is 8.44. The van der Waals surface area contributed by atoms with E-state index in [1.807, 2.05) is 19.9 Å². The van der Waals surface area contributed by atoms with Gasteiger partial charge in [-0.1, -0.05) is 23.4 Å². The van der Waals surface area contributed by atoms with E-state index < -0.39 is 11.8 Å². The average molecular weight is 421 g/mol. The van der Waals surface area contributed by atoms with Crippen molar-refractivity contribution < 1.29 is 14.3 Å². The maximum atomic E-state index is 12.2. The van der Waals surface area contributed by atoms with E-state index >= 15 is 0 Å². The minimum atomic E-state index is -0.543. The van der Waals surface area contributed by atoms with Gasteiger partial charge in [-0.3, -0.25) is 20.4 Å². The molecule has 1 aromatic carbocycles. The van der Waals surface area contributed by atoms with Crippen LogP contribution in [0.25, 0.3) is 5.78 Å². The molecule has 3 rings (SSSR count).